The number of aliphatic imine (C=N–C) groups is 1. The average molecular weight is 387 g/mol. The molecule has 1 aliphatic heterocycles. The van der Waals surface area contributed by atoms with Crippen molar-refractivity contribution in [1.29, 1.82) is 0 Å². The molecule has 150 valence electrons. The molecule has 3 nitrogen and oxygen atoms in total. The second kappa shape index (κ2) is 6.82. The van der Waals surface area contributed by atoms with E-state index in [4.69, 9.17) is 14.3 Å². The van der Waals surface area contributed by atoms with Crippen LogP contribution in [0.4, 0.5) is 0 Å². The van der Waals surface area contributed by atoms with Gasteiger partial charge in [-0.2, -0.15) is 0 Å². The van der Waals surface area contributed by atoms with E-state index in [1.165, 1.54) is 12.0 Å². The van der Waals surface area contributed by atoms with Crippen LogP contribution in [0.2, 0.25) is 0 Å². The standard InChI is InChI=1S/C25H30BNO2/c1-17(18-10-6-5-7-11-18)27-16-19-12-8-9-13-21(19)26-28-23-15-20-14-22(24(20,2)3)25(23,4)29-26/h5-13,16-17,20,22-23H,14-15H2,1-4H3/t17-,20-,22-,23+,25+/m0/s1. The molecule has 4 fully saturated rings. The van der Waals surface area contributed by atoms with Gasteiger partial charge >= 0.3 is 7.12 Å². The van der Waals surface area contributed by atoms with Crippen LogP contribution < -0.4 is 5.46 Å². The van der Waals surface area contributed by atoms with E-state index < -0.39 is 0 Å². The second-order valence-corrected chi connectivity index (χ2v) is 9.79. The van der Waals surface area contributed by atoms with Gasteiger partial charge in [-0.3, -0.25) is 4.99 Å². The van der Waals surface area contributed by atoms with Crippen LogP contribution in [0.3, 0.4) is 0 Å². The number of hydrogen-bond acceptors (Lipinski definition) is 3. The zero-order valence-corrected chi connectivity index (χ0v) is 17.8. The van der Waals surface area contributed by atoms with Gasteiger partial charge in [0.2, 0.25) is 0 Å². The highest BCUT2D eigenvalue weighted by Gasteiger charge is 2.68. The van der Waals surface area contributed by atoms with Crippen molar-refractivity contribution in [3.05, 3.63) is 65.7 Å². The molecule has 29 heavy (non-hydrogen) atoms. The van der Waals surface area contributed by atoms with Crippen LogP contribution in [-0.4, -0.2) is 25.0 Å². The Morgan fingerprint density at radius 1 is 1.03 bits per heavy atom. The van der Waals surface area contributed by atoms with E-state index in [1.807, 2.05) is 12.3 Å². The molecule has 0 N–H and O–H groups in total. The average Bonchev–Trinajstić information content (AvgIpc) is 3.09. The summed E-state index contributed by atoms with van der Waals surface area (Å²) in [6, 6.07) is 18.9. The van der Waals surface area contributed by atoms with Gasteiger partial charge in [0, 0.05) is 6.21 Å². The minimum atomic E-state index is -0.310. The van der Waals surface area contributed by atoms with E-state index in [0.29, 0.717) is 11.3 Å². The fourth-order valence-corrected chi connectivity index (χ4v) is 5.85. The first-order chi connectivity index (χ1) is 13.9. The fraction of sp³-hybridized carbons (Fsp3) is 0.480. The molecule has 0 amide bonds. The van der Waals surface area contributed by atoms with Gasteiger partial charge in [0.05, 0.1) is 17.7 Å². The summed E-state index contributed by atoms with van der Waals surface area (Å²) in [6.07, 6.45) is 4.55. The Morgan fingerprint density at radius 2 is 1.76 bits per heavy atom. The van der Waals surface area contributed by atoms with Gasteiger partial charge in [0.25, 0.3) is 0 Å². The quantitative estimate of drug-likeness (QED) is 0.557. The Bertz CT molecular complexity index is 927. The van der Waals surface area contributed by atoms with Crippen LogP contribution >= 0.6 is 0 Å². The van der Waals surface area contributed by atoms with Crippen LogP contribution in [0, 0.1) is 17.3 Å². The van der Waals surface area contributed by atoms with Gasteiger partial charge in [-0.15, -0.1) is 0 Å². The summed E-state index contributed by atoms with van der Waals surface area (Å²) in [7, 11) is -0.310. The third-order valence-corrected chi connectivity index (χ3v) is 7.92. The maximum absolute atomic E-state index is 6.67. The predicted octanol–water partition coefficient (Wildman–Crippen LogP) is 4.80. The smallest absolute Gasteiger partial charge is 0.401 e. The lowest BCUT2D eigenvalue weighted by Crippen LogP contribution is -2.65. The highest BCUT2D eigenvalue weighted by atomic mass is 16.7. The summed E-state index contributed by atoms with van der Waals surface area (Å²) in [6.45, 7) is 9.20. The molecule has 0 aromatic heterocycles. The highest BCUT2D eigenvalue weighted by Crippen LogP contribution is 2.65. The summed E-state index contributed by atoms with van der Waals surface area (Å²) < 4.78 is 13.2. The minimum Gasteiger partial charge on any atom is -0.401 e. The van der Waals surface area contributed by atoms with E-state index >= 15 is 0 Å². The Hall–Kier alpha value is -1.91. The molecule has 0 radical (unpaired) electrons. The van der Waals surface area contributed by atoms with E-state index in [-0.39, 0.29) is 24.9 Å². The van der Waals surface area contributed by atoms with Gasteiger partial charge in [-0.05, 0) is 60.5 Å². The van der Waals surface area contributed by atoms with Gasteiger partial charge in [-0.1, -0.05) is 68.4 Å². The topological polar surface area (TPSA) is 30.8 Å². The molecule has 4 heteroatoms. The number of nitrogens with zero attached hydrogens (tertiary/aromatic N) is 1. The zero-order valence-electron chi connectivity index (χ0n) is 17.8. The summed E-state index contributed by atoms with van der Waals surface area (Å²) in [5.41, 5.74) is 3.55. The van der Waals surface area contributed by atoms with Gasteiger partial charge in [-0.25, -0.2) is 0 Å². The largest absolute Gasteiger partial charge is 0.495 e. The number of rotatable bonds is 4. The molecule has 2 bridgehead atoms. The Morgan fingerprint density at radius 3 is 2.52 bits per heavy atom. The molecule has 3 aliphatic carbocycles. The van der Waals surface area contributed by atoms with Crippen LogP contribution in [0.15, 0.2) is 59.6 Å². The molecular weight excluding hydrogens is 357 g/mol. The summed E-state index contributed by atoms with van der Waals surface area (Å²) >= 11 is 0. The first-order valence-corrected chi connectivity index (χ1v) is 10.9. The van der Waals surface area contributed by atoms with Gasteiger partial charge in [0.15, 0.2) is 0 Å². The van der Waals surface area contributed by atoms with Crippen molar-refractivity contribution in [3.8, 4) is 0 Å². The zero-order chi connectivity index (χ0) is 20.2. The molecule has 1 heterocycles. The number of hydrogen-bond donors (Lipinski definition) is 0. The predicted molar refractivity (Wildman–Crippen MR) is 119 cm³/mol. The lowest BCUT2D eigenvalue weighted by molar-refractivity contribution is -0.199. The maximum Gasteiger partial charge on any atom is 0.495 e. The number of benzene rings is 2. The molecule has 5 atom stereocenters. The van der Waals surface area contributed by atoms with E-state index in [2.05, 4.69) is 76.2 Å². The maximum atomic E-state index is 6.67. The third-order valence-electron chi connectivity index (χ3n) is 7.92. The minimum absolute atomic E-state index is 0.114. The van der Waals surface area contributed by atoms with Crippen LogP contribution in [0.5, 0.6) is 0 Å². The SMILES string of the molecule is C[C@H](N=Cc1ccccc1B1O[C@@H]2C[C@@H]3C[C@@H](C3(C)C)[C@@]2(C)O1)c1ccccc1. The molecule has 2 aromatic rings. The van der Waals surface area contributed by atoms with Crippen molar-refractivity contribution < 1.29 is 9.31 Å². The van der Waals surface area contributed by atoms with Gasteiger partial charge < -0.3 is 9.31 Å². The van der Waals surface area contributed by atoms with Crippen molar-refractivity contribution in [2.24, 2.45) is 22.2 Å². The summed E-state index contributed by atoms with van der Waals surface area (Å²) in [5.74, 6) is 1.33. The molecule has 2 aromatic carbocycles. The Balaban J connectivity index is 1.39. The Labute approximate surface area is 174 Å². The fourth-order valence-electron chi connectivity index (χ4n) is 5.85. The van der Waals surface area contributed by atoms with E-state index in [0.717, 1.165) is 23.4 Å². The summed E-state index contributed by atoms with van der Waals surface area (Å²) in [4.78, 5) is 4.81. The monoisotopic (exact) mass is 387 g/mol. The van der Waals surface area contributed by atoms with E-state index in [9.17, 15) is 0 Å². The van der Waals surface area contributed by atoms with Crippen molar-refractivity contribution in [2.45, 2.75) is 58.3 Å². The molecule has 4 aliphatic rings. The molecule has 0 spiro atoms. The van der Waals surface area contributed by atoms with Gasteiger partial charge in [0.1, 0.15) is 0 Å². The van der Waals surface area contributed by atoms with Crippen molar-refractivity contribution >= 4 is 18.8 Å². The molecule has 0 unspecified atom stereocenters. The van der Waals surface area contributed by atoms with Crippen molar-refractivity contribution in [3.63, 3.8) is 0 Å². The second-order valence-electron chi connectivity index (χ2n) is 9.79. The van der Waals surface area contributed by atoms with Crippen molar-refractivity contribution in [2.75, 3.05) is 0 Å². The van der Waals surface area contributed by atoms with Crippen LogP contribution in [-0.2, 0) is 9.31 Å². The molecule has 1 saturated heterocycles. The first-order valence-electron chi connectivity index (χ1n) is 10.9. The van der Waals surface area contributed by atoms with Crippen LogP contribution in [0.25, 0.3) is 0 Å². The Kier molecular flexibility index (Phi) is 4.49. The van der Waals surface area contributed by atoms with Crippen molar-refractivity contribution in [1.82, 2.24) is 0 Å². The molecule has 3 saturated carbocycles. The van der Waals surface area contributed by atoms with E-state index in [1.54, 1.807) is 0 Å². The molecular formula is C25H30BNO2. The normalized spacial score (nSPS) is 33.4. The third kappa shape index (κ3) is 3.00. The summed E-state index contributed by atoms with van der Waals surface area (Å²) in [5, 5.41) is 0. The lowest BCUT2D eigenvalue weighted by atomic mass is 9.43. The first kappa shape index (κ1) is 19.1. The highest BCUT2D eigenvalue weighted by molar-refractivity contribution is 6.63. The van der Waals surface area contributed by atoms with Crippen LogP contribution in [0.1, 0.15) is 57.7 Å². The lowest BCUT2D eigenvalue weighted by Gasteiger charge is -2.64. The molecule has 6 rings (SSSR count).